The first-order valence-corrected chi connectivity index (χ1v) is 7.02. The van der Waals surface area contributed by atoms with Crippen LogP contribution < -0.4 is 20.7 Å². The number of rotatable bonds is 4. The molecule has 1 aliphatic rings. The van der Waals surface area contributed by atoms with E-state index in [1.165, 1.54) is 6.07 Å². The second kappa shape index (κ2) is 6.38. The second-order valence-electron chi connectivity index (χ2n) is 4.89. The number of nitrogens with zero attached hydrogens (tertiary/aromatic N) is 3. The average molecular weight is 293 g/mol. The van der Waals surface area contributed by atoms with Crippen molar-refractivity contribution in [1.82, 2.24) is 10.3 Å². The van der Waals surface area contributed by atoms with Crippen LogP contribution in [0, 0.1) is 5.21 Å². The summed E-state index contributed by atoms with van der Waals surface area (Å²) < 4.78 is 0.199. The summed E-state index contributed by atoms with van der Waals surface area (Å²) in [6.45, 7) is 3.57. The molecule has 8 heteroatoms. The predicted molar refractivity (Wildman–Crippen MR) is 76.7 cm³/mol. The molecular weight excluding hydrogens is 274 g/mol. The first kappa shape index (κ1) is 15.0. The quantitative estimate of drug-likeness (QED) is 0.338. The standard InChI is InChI=1S/C13H19N5O3/c1-2-15-13(20)11(19)12-16-10(8-9(14)18(12)21)17-6-4-3-5-7-17/h8H,2-7,14H2,1H3,(H,15,20). The Morgan fingerprint density at radius 1 is 1.43 bits per heavy atom. The highest BCUT2D eigenvalue weighted by Gasteiger charge is 2.28. The highest BCUT2D eigenvalue weighted by Crippen LogP contribution is 2.18. The van der Waals surface area contributed by atoms with Crippen LogP contribution in [0.15, 0.2) is 6.07 Å². The number of aromatic nitrogens is 2. The van der Waals surface area contributed by atoms with Crippen LogP contribution in [0.4, 0.5) is 11.6 Å². The van der Waals surface area contributed by atoms with Crippen molar-refractivity contribution in [2.24, 2.45) is 0 Å². The highest BCUT2D eigenvalue weighted by molar-refractivity contribution is 6.41. The Kier molecular flexibility index (Phi) is 4.56. The topological polar surface area (TPSA) is 115 Å². The minimum absolute atomic E-state index is 0.141. The van der Waals surface area contributed by atoms with E-state index < -0.39 is 17.5 Å². The SMILES string of the molecule is CCNC(=O)C(=O)c1nc(N2CCCCC2)cc(N)[n+]1[O-]. The van der Waals surface area contributed by atoms with Gasteiger partial charge in [-0.3, -0.25) is 9.59 Å². The van der Waals surface area contributed by atoms with Crippen LogP contribution in [0.3, 0.4) is 0 Å². The van der Waals surface area contributed by atoms with Gasteiger partial charge in [0.25, 0.3) is 5.91 Å². The number of nitrogen functional groups attached to an aromatic ring is 1. The number of carbonyl (C=O) groups is 2. The number of ketones is 1. The first-order valence-electron chi connectivity index (χ1n) is 7.02. The fraction of sp³-hybridized carbons (Fsp3) is 0.538. The Morgan fingerprint density at radius 3 is 2.71 bits per heavy atom. The molecule has 2 heterocycles. The molecule has 1 aromatic rings. The lowest BCUT2D eigenvalue weighted by atomic mass is 10.1. The number of hydrogen-bond donors (Lipinski definition) is 2. The maximum atomic E-state index is 12.0. The van der Waals surface area contributed by atoms with E-state index in [1.54, 1.807) is 6.92 Å². The van der Waals surface area contributed by atoms with Gasteiger partial charge in [0.15, 0.2) is 0 Å². The van der Waals surface area contributed by atoms with Gasteiger partial charge in [0.2, 0.25) is 11.6 Å². The van der Waals surface area contributed by atoms with E-state index >= 15 is 0 Å². The van der Waals surface area contributed by atoms with Crippen LogP contribution >= 0.6 is 0 Å². The number of anilines is 2. The summed E-state index contributed by atoms with van der Waals surface area (Å²) in [5, 5.41) is 14.2. The molecule has 0 unspecified atom stereocenters. The predicted octanol–water partition coefficient (Wildman–Crippen LogP) is -0.394. The number of piperidine rings is 1. The fourth-order valence-corrected chi connectivity index (χ4v) is 2.27. The molecule has 0 spiro atoms. The van der Waals surface area contributed by atoms with E-state index in [4.69, 9.17) is 5.73 Å². The molecule has 0 aliphatic carbocycles. The van der Waals surface area contributed by atoms with Crippen LogP contribution in [0.1, 0.15) is 36.8 Å². The first-order chi connectivity index (χ1) is 10.0. The Morgan fingerprint density at radius 2 is 2.10 bits per heavy atom. The second-order valence-corrected chi connectivity index (χ2v) is 4.89. The Labute approximate surface area is 122 Å². The van der Waals surface area contributed by atoms with Crippen LogP contribution in [0.5, 0.6) is 0 Å². The van der Waals surface area contributed by atoms with E-state index in [2.05, 4.69) is 10.3 Å². The molecule has 1 fully saturated rings. The number of hydrogen-bond acceptors (Lipinski definition) is 6. The minimum Gasteiger partial charge on any atom is -0.740 e. The van der Waals surface area contributed by atoms with Crippen molar-refractivity contribution in [3.63, 3.8) is 0 Å². The van der Waals surface area contributed by atoms with Crippen molar-refractivity contribution in [2.75, 3.05) is 30.3 Å². The molecule has 1 amide bonds. The van der Waals surface area contributed by atoms with Gasteiger partial charge in [0.05, 0.1) is 6.07 Å². The van der Waals surface area contributed by atoms with Gasteiger partial charge in [-0.05, 0) is 26.2 Å². The molecule has 0 aromatic carbocycles. The lowest BCUT2D eigenvalue weighted by Crippen LogP contribution is -2.45. The third kappa shape index (κ3) is 3.21. The zero-order valence-corrected chi connectivity index (χ0v) is 12.0. The van der Waals surface area contributed by atoms with E-state index in [9.17, 15) is 14.8 Å². The summed E-state index contributed by atoms with van der Waals surface area (Å²) in [6.07, 6.45) is 3.19. The molecule has 114 valence electrons. The zero-order chi connectivity index (χ0) is 15.4. The summed E-state index contributed by atoms with van der Waals surface area (Å²) in [6, 6.07) is 1.44. The van der Waals surface area contributed by atoms with E-state index in [1.807, 2.05) is 4.90 Å². The molecule has 3 N–H and O–H groups in total. The Hall–Kier alpha value is -2.38. The van der Waals surface area contributed by atoms with Crippen molar-refractivity contribution < 1.29 is 14.3 Å². The molecule has 0 radical (unpaired) electrons. The number of nitrogens with one attached hydrogen (secondary N) is 1. The molecule has 1 aliphatic heterocycles. The van der Waals surface area contributed by atoms with Crippen molar-refractivity contribution >= 4 is 23.3 Å². The minimum atomic E-state index is -0.975. The number of amides is 1. The van der Waals surface area contributed by atoms with Crippen molar-refractivity contribution in [3.05, 3.63) is 17.1 Å². The van der Waals surface area contributed by atoms with Gasteiger partial charge in [-0.15, -0.1) is 0 Å². The maximum Gasteiger partial charge on any atom is 0.319 e. The van der Waals surface area contributed by atoms with Crippen LogP contribution in [0.2, 0.25) is 0 Å². The third-order valence-electron chi connectivity index (χ3n) is 3.35. The maximum absolute atomic E-state index is 12.0. The third-order valence-corrected chi connectivity index (χ3v) is 3.35. The van der Waals surface area contributed by atoms with Gasteiger partial charge >= 0.3 is 11.6 Å². The van der Waals surface area contributed by atoms with Gasteiger partial charge in [-0.25, -0.2) is 4.73 Å². The molecule has 2 rings (SSSR count). The van der Waals surface area contributed by atoms with Crippen LogP contribution in [0.25, 0.3) is 0 Å². The molecule has 8 nitrogen and oxygen atoms in total. The van der Waals surface area contributed by atoms with Crippen molar-refractivity contribution in [2.45, 2.75) is 26.2 Å². The summed E-state index contributed by atoms with van der Waals surface area (Å²) in [5.41, 5.74) is 5.64. The largest absolute Gasteiger partial charge is 0.740 e. The van der Waals surface area contributed by atoms with E-state index in [0.29, 0.717) is 12.4 Å². The summed E-state index contributed by atoms with van der Waals surface area (Å²) >= 11 is 0. The van der Waals surface area contributed by atoms with E-state index in [-0.39, 0.29) is 10.5 Å². The molecule has 0 saturated carbocycles. The molecule has 1 saturated heterocycles. The molecule has 0 atom stereocenters. The van der Waals surface area contributed by atoms with Crippen LogP contribution in [-0.2, 0) is 4.79 Å². The van der Waals surface area contributed by atoms with Crippen molar-refractivity contribution in [3.8, 4) is 0 Å². The molecule has 1 aromatic heterocycles. The average Bonchev–Trinajstić information content (AvgIpc) is 2.50. The highest BCUT2D eigenvalue weighted by atomic mass is 16.5. The molecule has 0 bridgehead atoms. The molecule has 21 heavy (non-hydrogen) atoms. The number of likely N-dealkylation sites (N-methyl/N-ethyl adjacent to an activating group) is 1. The Balaban J connectivity index is 2.34. The molecular formula is C13H19N5O3. The van der Waals surface area contributed by atoms with Crippen LogP contribution in [-0.4, -0.2) is 36.3 Å². The smallest absolute Gasteiger partial charge is 0.319 e. The Bertz CT molecular complexity index is 555. The number of Topliss-reactive ketones (excluding diaryl/α,β-unsaturated/α-hetero) is 1. The van der Waals surface area contributed by atoms with Gasteiger partial charge in [-0.1, -0.05) is 4.98 Å². The summed E-state index contributed by atoms with van der Waals surface area (Å²) in [7, 11) is 0. The lowest BCUT2D eigenvalue weighted by molar-refractivity contribution is -0.595. The number of carbonyl (C=O) groups excluding carboxylic acids is 2. The normalized spacial score (nSPS) is 14.8. The summed E-state index contributed by atoms with van der Waals surface area (Å²) in [5.74, 6) is -1.99. The number of nitrogens with two attached hydrogens (primary N) is 1. The van der Waals surface area contributed by atoms with Crippen molar-refractivity contribution in [1.29, 1.82) is 0 Å². The van der Waals surface area contributed by atoms with Gasteiger partial charge in [-0.2, -0.15) is 0 Å². The van der Waals surface area contributed by atoms with Gasteiger partial charge < -0.3 is 21.2 Å². The van der Waals surface area contributed by atoms with Gasteiger partial charge in [0, 0.05) is 19.6 Å². The van der Waals surface area contributed by atoms with E-state index in [0.717, 1.165) is 32.4 Å². The fourth-order valence-electron chi connectivity index (χ4n) is 2.27. The van der Waals surface area contributed by atoms with Gasteiger partial charge in [0.1, 0.15) is 0 Å². The zero-order valence-electron chi connectivity index (χ0n) is 12.0. The summed E-state index contributed by atoms with van der Waals surface area (Å²) in [4.78, 5) is 29.6. The monoisotopic (exact) mass is 293 g/mol. The lowest BCUT2D eigenvalue weighted by Gasteiger charge is -2.26.